The molecule has 0 aliphatic carbocycles. The van der Waals surface area contributed by atoms with Gasteiger partial charge in [0.05, 0.1) is 11.1 Å². The van der Waals surface area contributed by atoms with Crippen molar-refractivity contribution in [2.75, 3.05) is 0 Å². The SMILES string of the molecule is O=C(O)c1cc2cc3cc4cc5cc6ccccc6cc5cc4cc3cc2cc1C(=O)O. The van der Waals surface area contributed by atoms with Gasteiger partial charge in [0.25, 0.3) is 0 Å². The lowest BCUT2D eigenvalue weighted by atomic mass is 9.94. The molecule has 0 spiro atoms. The number of aromatic carboxylic acids is 2. The molecule has 6 aromatic rings. The van der Waals surface area contributed by atoms with E-state index in [2.05, 4.69) is 48.5 Å². The molecule has 32 heavy (non-hydrogen) atoms. The van der Waals surface area contributed by atoms with Crippen LogP contribution in [0.15, 0.2) is 84.9 Å². The summed E-state index contributed by atoms with van der Waals surface area (Å²) >= 11 is 0. The molecule has 0 atom stereocenters. The predicted molar refractivity (Wildman–Crippen MR) is 128 cm³/mol. The van der Waals surface area contributed by atoms with Crippen LogP contribution in [0.25, 0.3) is 53.9 Å². The van der Waals surface area contributed by atoms with Crippen LogP contribution in [0.3, 0.4) is 0 Å². The molecule has 0 heterocycles. The van der Waals surface area contributed by atoms with Gasteiger partial charge >= 0.3 is 11.9 Å². The number of hydrogen-bond acceptors (Lipinski definition) is 2. The Morgan fingerprint density at radius 2 is 0.656 bits per heavy atom. The van der Waals surface area contributed by atoms with E-state index < -0.39 is 11.9 Å². The summed E-state index contributed by atoms with van der Waals surface area (Å²) in [5, 5.41) is 29.1. The monoisotopic (exact) mass is 416 g/mol. The summed E-state index contributed by atoms with van der Waals surface area (Å²) in [5.41, 5.74) is -0.411. The Bertz CT molecular complexity index is 1650. The first-order chi connectivity index (χ1) is 15.5. The maximum atomic E-state index is 11.6. The largest absolute Gasteiger partial charge is 0.478 e. The van der Waals surface area contributed by atoms with Crippen LogP contribution in [-0.2, 0) is 0 Å². The Morgan fingerprint density at radius 1 is 0.406 bits per heavy atom. The Labute approximate surface area is 181 Å². The fourth-order valence-corrected chi connectivity index (χ4v) is 4.60. The first kappa shape index (κ1) is 18.3. The smallest absolute Gasteiger partial charge is 0.336 e. The third kappa shape index (κ3) is 2.77. The van der Waals surface area contributed by atoms with Gasteiger partial charge in [0, 0.05) is 0 Å². The summed E-state index contributed by atoms with van der Waals surface area (Å²) < 4.78 is 0. The van der Waals surface area contributed by atoms with Crippen molar-refractivity contribution in [2.45, 2.75) is 0 Å². The highest BCUT2D eigenvalue weighted by Gasteiger charge is 2.17. The molecular weight excluding hydrogens is 400 g/mol. The molecule has 0 aromatic heterocycles. The second kappa shape index (κ2) is 6.53. The number of benzene rings is 6. The highest BCUT2D eigenvalue weighted by Crippen LogP contribution is 2.32. The maximum Gasteiger partial charge on any atom is 0.336 e. The molecule has 0 saturated carbocycles. The van der Waals surface area contributed by atoms with Crippen LogP contribution in [-0.4, -0.2) is 22.2 Å². The van der Waals surface area contributed by atoms with Gasteiger partial charge in [-0.25, -0.2) is 9.59 Å². The summed E-state index contributed by atoms with van der Waals surface area (Å²) in [4.78, 5) is 23.1. The minimum atomic E-state index is -1.25. The van der Waals surface area contributed by atoms with Gasteiger partial charge in [0.1, 0.15) is 0 Å². The van der Waals surface area contributed by atoms with Crippen LogP contribution < -0.4 is 0 Å². The maximum absolute atomic E-state index is 11.6. The third-order valence-corrected chi connectivity index (χ3v) is 6.17. The predicted octanol–water partition coefficient (Wildman–Crippen LogP) is 6.85. The molecule has 2 N–H and O–H groups in total. The van der Waals surface area contributed by atoms with E-state index in [-0.39, 0.29) is 11.1 Å². The van der Waals surface area contributed by atoms with Gasteiger partial charge in [-0.05, 0) is 115 Å². The number of carbonyl (C=O) groups is 2. The molecule has 4 nitrogen and oxygen atoms in total. The highest BCUT2D eigenvalue weighted by atomic mass is 16.4. The second-order valence-corrected chi connectivity index (χ2v) is 8.15. The van der Waals surface area contributed by atoms with E-state index in [1.807, 2.05) is 24.3 Å². The number of fused-ring (bicyclic) bond motifs is 5. The van der Waals surface area contributed by atoms with E-state index in [1.54, 1.807) is 0 Å². The summed E-state index contributed by atoms with van der Waals surface area (Å²) in [5.74, 6) is -2.50. The molecule has 0 bridgehead atoms. The molecule has 0 radical (unpaired) electrons. The number of carboxylic acid groups (broad SMARTS) is 2. The van der Waals surface area contributed by atoms with Crippen LogP contribution in [0.5, 0.6) is 0 Å². The minimum Gasteiger partial charge on any atom is -0.478 e. The van der Waals surface area contributed by atoms with Crippen molar-refractivity contribution in [3.63, 3.8) is 0 Å². The zero-order chi connectivity index (χ0) is 22.0. The number of rotatable bonds is 2. The molecule has 6 rings (SSSR count). The van der Waals surface area contributed by atoms with Gasteiger partial charge in [0.15, 0.2) is 0 Å². The van der Waals surface area contributed by atoms with Crippen molar-refractivity contribution < 1.29 is 19.8 Å². The van der Waals surface area contributed by atoms with Crippen LogP contribution in [0.2, 0.25) is 0 Å². The molecule has 152 valence electrons. The first-order valence-electron chi connectivity index (χ1n) is 10.2. The van der Waals surface area contributed by atoms with Gasteiger partial charge in [0.2, 0.25) is 0 Å². The number of hydrogen-bond donors (Lipinski definition) is 2. The quantitative estimate of drug-likeness (QED) is 0.303. The summed E-state index contributed by atoms with van der Waals surface area (Å²) in [6.45, 7) is 0. The van der Waals surface area contributed by atoms with E-state index in [9.17, 15) is 19.8 Å². The molecule has 0 amide bonds. The molecule has 6 aromatic carbocycles. The van der Waals surface area contributed by atoms with Gasteiger partial charge in [-0.15, -0.1) is 0 Å². The molecule has 0 fully saturated rings. The van der Waals surface area contributed by atoms with Crippen molar-refractivity contribution >= 4 is 65.8 Å². The van der Waals surface area contributed by atoms with E-state index in [0.717, 1.165) is 32.3 Å². The van der Waals surface area contributed by atoms with Gasteiger partial charge < -0.3 is 10.2 Å². The average molecular weight is 416 g/mol. The Morgan fingerprint density at radius 3 is 0.938 bits per heavy atom. The molecule has 0 aliphatic rings. The first-order valence-corrected chi connectivity index (χ1v) is 10.2. The van der Waals surface area contributed by atoms with E-state index in [1.165, 1.54) is 22.9 Å². The summed E-state index contributed by atoms with van der Waals surface area (Å²) in [7, 11) is 0. The topological polar surface area (TPSA) is 74.6 Å². The molecule has 4 heteroatoms. The van der Waals surface area contributed by atoms with Crippen molar-refractivity contribution in [2.24, 2.45) is 0 Å². The molecule has 0 aliphatic heterocycles. The molecular formula is C28H16O4. The third-order valence-electron chi connectivity index (χ3n) is 6.17. The van der Waals surface area contributed by atoms with Crippen LogP contribution in [0, 0.1) is 0 Å². The van der Waals surface area contributed by atoms with Crippen LogP contribution >= 0.6 is 0 Å². The van der Waals surface area contributed by atoms with Crippen molar-refractivity contribution in [1.29, 1.82) is 0 Å². The van der Waals surface area contributed by atoms with Gasteiger partial charge in [-0.3, -0.25) is 0 Å². The lowest BCUT2D eigenvalue weighted by Gasteiger charge is -2.10. The lowest BCUT2D eigenvalue weighted by molar-refractivity contribution is 0.0652. The Kier molecular flexibility index (Phi) is 3.74. The van der Waals surface area contributed by atoms with Crippen molar-refractivity contribution in [3.05, 3.63) is 96.1 Å². The molecule has 0 saturated heterocycles. The van der Waals surface area contributed by atoms with Gasteiger partial charge in [-0.2, -0.15) is 0 Å². The summed E-state index contributed by atoms with van der Waals surface area (Å²) in [6, 6.07) is 28.0. The van der Waals surface area contributed by atoms with E-state index in [4.69, 9.17) is 0 Å². The van der Waals surface area contributed by atoms with Gasteiger partial charge in [-0.1, -0.05) is 24.3 Å². The zero-order valence-electron chi connectivity index (χ0n) is 16.8. The fraction of sp³-hybridized carbons (Fsp3) is 0. The normalized spacial score (nSPS) is 11.6. The van der Waals surface area contributed by atoms with Crippen molar-refractivity contribution in [3.8, 4) is 0 Å². The molecule has 0 unspecified atom stereocenters. The Hall–Kier alpha value is -4.44. The van der Waals surface area contributed by atoms with E-state index in [0.29, 0.717) is 10.8 Å². The lowest BCUT2D eigenvalue weighted by Crippen LogP contribution is -2.07. The highest BCUT2D eigenvalue weighted by molar-refractivity contribution is 6.12. The van der Waals surface area contributed by atoms with Crippen molar-refractivity contribution in [1.82, 2.24) is 0 Å². The minimum absolute atomic E-state index is 0.206. The van der Waals surface area contributed by atoms with Crippen LogP contribution in [0.1, 0.15) is 20.7 Å². The Balaban J connectivity index is 1.64. The van der Waals surface area contributed by atoms with Crippen LogP contribution in [0.4, 0.5) is 0 Å². The zero-order valence-corrected chi connectivity index (χ0v) is 16.8. The summed E-state index contributed by atoms with van der Waals surface area (Å²) in [6.07, 6.45) is 0. The number of carboxylic acids is 2. The second-order valence-electron chi connectivity index (χ2n) is 8.15. The standard InChI is InChI=1S/C28H16O4/c29-27(30)25-13-23-11-21-9-19-7-17-5-15-3-1-2-4-16(15)6-18(17)8-20(19)10-22(21)12-24(23)14-26(25)28(31)32/h1-14H,(H,29,30)(H,31,32). The van der Waals surface area contributed by atoms with E-state index >= 15 is 0 Å². The average Bonchev–Trinajstić information content (AvgIpc) is 2.77. The fourth-order valence-electron chi connectivity index (χ4n) is 4.60.